The van der Waals surface area contributed by atoms with Crippen LogP contribution in [0.15, 0.2) is 29.5 Å². The van der Waals surface area contributed by atoms with E-state index in [2.05, 4.69) is 9.98 Å². The molecule has 0 aromatic carbocycles. The highest BCUT2D eigenvalue weighted by Gasteiger charge is 2.25. The summed E-state index contributed by atoms with van der Waals surface area (Å²) in [7, 11) is 0. The third-order valence-corrected chi connectivity index (χ3v) is 1.84. The molecule has 0 radical (unpaired) electrons. The van der Waals surface area contributed by atoms with Crippen LogP contribution in [0.5, 0.6) is 0 Å². The summed E-state index contributed by atoms with van der Waals surface area (Å²) in [6.07, 6.45) is 3.22. The van der Waals surface area contributed by atoms with Gasteiger partial charge in [0.15, 0.2) is 6.04 Å². The summed E-state index contributed by atoms with van der Waals surface area (Å²) in [5.41, 5.74) is 0.705. The van der Waals surface area contributed by atoms with Crippen molar-refractivity contribution in [1.29, 1.82) is 0 Å². The van der Waals surface area contributed by atoms with E-state index in [4.69, 9.17) is 9.84 Å². The summed E-state index contributed by atoms with van der Waals surface area (Å²) in [4.78, 5) is 18.4. The molecule has 0 spiro atoms. The Kier molecular flexibility index (Phi) is 2.14. The molecule has 0 amide bonds. The van der Waals surface area contributed by atoms with E-state index in [1.54, 1.807) is 24.5 Å². The van der Waals surface area contributed by atoms with Gasteiger partial charge in [-0.05, 0) is 12.1 Å². The van der Waals surface area contributed by atoms with Crippen LogP contribution in [0.25, 0.3) is 0 Å². The number of hydrogen-bond donors (Lipinski definition) is 1. The largest absolute Gasteiger partial charge is 0.480 e. The topological polar surface area (TPSA) is 71.8 Å². The van der Waals surface area contributed by atoms with Gasteiger partial charge < -0.3 is 9.84 Å². The quantitative estimate of drug-likeness (QED) is 0.732. The lowest BCUT2D eigenvalue weighted by Gasteiger charge is -1.98. The molecule has 14 heavy (non-hydrogen) atoms. The molecule has 0 bridgehead atoms. The van der Waals surface area contributed by atoms with Crippen LogP contribution in [0.4, 0.5) is 0 Å². The van der Waals surface area contributed by atoms with E-state index >= 15 is 0 Å². The molecule has 1 aliphatic rings. The first-order chi connectivity index (χ1) is 6.77. The van der Waals surface area contributed by atoms with Crippen LogP contribution in [-0.2, 0) is 9.53 Å². The molecule has 1 N–H and O–H groups in total. The number of aliphatic imine (C=N–C) groups is 1. The molecular weight excluding hydrogens is 184 g/mol. The lowest BCUT2D eigenvalue weighted by atomic mass is 10.3. The van der Waals surface area contributed by atoms with Gasteiger partial charge in [-0.25, -0.2) is 9.79 Å². The minimum Gasteiger partial charge on any atom is -0.480 e. The highest BCUT2D eigenvalue weighted by Crippen LogP contribution is 2.10. The molecule has 1 aliphatic heterocycles. The Balaban J connectivity index is 2.22. The molecule has 1 atom stereocenters. The number of aromatic nitrogens is 1. The number of ether oxygens (including phenoxy) is 1. The fourth-order valence-corrected chi connectivity index (χ4v) is 1.15. The molecule has 0 aliphatic carbocycles. The van der Waals surface area contributed by atoms with Gasteiger partial charge in [-0.3, -0.25) is 4.98 Å². The highest BCUT2D eigenvalue weighted by atomic mass is 16.5. The molecule has 5 nitrogen and oxygen atoms in total. The Hall–Kier alpha value is -1.91. The second-order valence-electron chi connectivity index (χ2n) is 2.84. The van der Waals surface area contributed by atoms with E-state index < -0.39 is 12.0 Å². The third-order valence-electron chi connectivity index (χ3n) is 1.84. The molecule has 1 aromatic rings. The first-order valence-electron chi connectivity index (χ1n) is 4.11. The Morgan fingerprint density at radius 3 is 3.07 bits per heavy atom. The minimum absolute atomic E-state index is 0.0968. The number of pyridine rings is 1. The summed E-state index contributed by atoms with van der Waals surface area (Å²) < 4.78 is 5.14. The fourth-order valence-electron chi connectivity index (χ4n) is 1.15. The van der Waals surface area contributed by atoms with Crippen molar-refractivity contribution in [2.75, 3.05) is 6.61 Å². The zero-order chi connectivity index (χ0) is 9.97. The number of aliphatic carboxylic acids is 1. The van der Waals surface area contributed by atoms with E-state index in [1.165, 1.54) is 0 Å². The fraction of sp³-hybridized carbons (Fsp3) is 0.222. The molecule has 1 unspecified atom stereocenters. The van der Waals surface area contributed by atoms with Crippen molar-refractivity contribution in [1.82, 2.24) is 4.98 Å². The normalized spacial score (nSPS) is 20.0. The van der Waals surface area contributed by atoms with Crippen LogP contribution in [-0.4, -0.2) is 34.6 Å². The van der Waals surface area contributed by atoms with Crippen molar-refractivity contribution in [2.24, 2.45) is 4.99 Å². The summed E-state index contributed by atoms with van der Waals surface area (Å²) in [6.45, 7) is 0.0968. The number of hydrogen-bond acceptors (Lipinski definition) is 4. The van der Waals surface area contributed by atoms with Gasteiger partial charge in [-0.1, -0.05) is 0 Å². The smallest absolute Gasteiger partial charge is 0.332 e. The monoisotopic (exact) mass is 192 g/mol. The molecule has 1 aromatic heterocycles. The summed E-state index contributed by atoms with van der Waals surface area (Å²) >= 11 is 0. The van der Waals surface area contributed by atoms with Crippen LogP contribution >= 0.6 is 0 Å². The molecule has 2 heterocycles. The number of nitrogens with zero attached hydrogens (tertiary/aromatic N) is 2. The van der Waals surface area contributed by atoms with E-state index in [0.29, 0.717) is 11.5 Å². The second-order valence-corrected chi connectivity index (χ2v) is 2.84. The van der Waals surface area contributed by atoms with Gasteiger partial charge in [0.1, 0.15) is 6.61 Å². The maximum Gasteiger partial charge on any atom is 0.332 e. The van der Waals surface area contributed by atoms with E-state index in [-0.39, 0.29) is 6.61 Å². The predicted octanol–water partition coefficient (Wildman–Crippen LogP) is 0.312. The van der Waals surface area contributed by atoms with Gasteiger partial charge in [0, 0.05) is 12.4 Å². The predicted molar refractivity (Wildman–Crippen MR) is 48.1 cm³/mol. The number of carboxylic acid groups (broad SMARTS) is 1. The molecule has 5 heteroatoms. The van der Waals surface area contributed by atoms with Gasteiger partial charge >= 0.3 is 5.97 Å². The van der Waals surface area contributed by atoms with Crippen molar-refractivity contribution in [3.63, 3.8) is 0 Å². The highest BCUT2D eigenvalue weighted by molar-refractivity contribution is 5.97. The second kappa shape index (κ2) is 3.45. The zero-order valence-corrected chi connectivity index (χ0v) is 7.25. The maximum atomic E-state index is 10.6. The van der Waals surface area contributed by atoms with E-state index in [9.17, 15) is 4.79 Å². The van der Waals surface area contributed by atoms with Crippen LogP contribution in [0.3, 0.4) is 0 Å². The average Bonchev–Trinajstić information content (AvgIpc) is 2.68. The van der Waals surface area contributed by atoms with Crippen LogP contribution in [0, 0.1) is 0 Å². The van der Waals surface area contributed by atoms with Gasteiger partial charge in [0.25, 0.3) is 0 Å². The summed E-state index contributed by atoms with van der Waals surface area (Å²) in [6, 6.07) is 2.73. The average molecular weight is 192 g/mol. The first-order valence-corrected chi connectivity index (χ1v) is 4.11. The van der Waals surface area contributed by atoms with Gasteiger partial charge in [-0.15, -0.1) is 0 Å². The molecular formula is C9H8N2O3. The molecule has 72 valence electrons. The molecule has 2 rings (SSSR count). The SMILES string of the molecule is O=C(O)C1COC(c2cccnc2)=N1. The van der Waals surface area contributed by atoms with Crippen molar-refractivity contribution < 1.29 is 14.6 Å². The summed E-state index contributed by atoms with van der Waals surface area (Å²) in [5, 5.41) is 8.68. The zero-order valence-electron chi connectivity index (χ0n) is 7.25. The van der Waals surface area contributed by atoms with Gasteiger partial charge in [0.05, 0.1) is 5.56 Å². The van der Waals surface area contributed by atoms with Crippen LogP contribution in [0.1, 0.15) is 5.56 Å². The van der Waals surface area contributed by atoms with Gasteiger partial charge in [-0.2, -0.15) is 0 Å². The lowest BCUT2D eigenvalue weighted by Crippen LogP contribution is -2.18. The van der Waals surface area contributed by atoms with Crippen molar-refractivity contribution in [3.8, 4) is 0 Å². The first kappa shape index (κ1) is 8.68. The van der Waals surface area contributed by atoms with Crippen LogP contribution in [0.2, 0.25) is 0 Å². The third kappa shape index (κ3) is 1.56. The number of rotatable bonds is 2. The van der Waals surface area contributed by atoms with E-state index in [0.717, 1.165) is 0 Å². The lowest BCUT2D eigenvalue weighted by molar-refractivity contribution is -0.138. The van der Waals surface area contributed by atoms with Crippen molar-refractivity contribution in [2.45, 2.75) is 6.04 Å². The Morgan fingerprint density at radius 2 is 2.50 bits per heavy atom. The van der Waals surface area contributed by atoms with E-state index in [1.807, 2.05) is 0 Å². The van der Waals surface area contributed by atoms with Gasteiger partial charge in [0.2, 0.25) is 5.90 Å². The minimum atomic E-state index is -0.969. The number of carboxylic acids is 1. The Morgan fingerprint density at radius 1 is 1.64 bits per heavy atom. The molecule has 0 saturated heterocycles. The maximum absolute atomic E-state index is 10.6. The summed E-state index contributed by atoms with van der Waals surface area (Å²) in [5.74, 6) is -0.616. The standard InChI is InChI=1S/C9H8N2O3/c12-9(13)7-5-14-8(11-7)6-2-1-3-10-4-6/h1-4,7H,5H2,(H,12,13). The molecule has 0 saturated carbocycles. The van der Waals surface area contributed by atoms with Crippen LogP contribution < -0.4 is 0 Å². The Bertz CT molecular complexity index is 375. The molecule has 0 fully saturated rings. The number of carbonyl (C=O) groups is 1. The Labute approximate surface area is 80.1 Å². The van der Waals surface area contributed by atoms with Crippen molar-refractivity contribution in [3.05, 3.63) is 30.1 Å². The van der Waals surface area contributed by atoms with Crippen molar-refractivity contribution >= 4 is 11.9 Å².